The number of amides is 1. The monoisotopic (exact) mass is 433 g/mol. The van der Waals surface area contributed by atoms with Crippen molar-refractivity contribution in [3.05, 3.63) is 64.6 Å². The van der Waals surface area contributed by atoms with Crippen molar-refractivity contribution in [1.29, 1.82) is 0 Å². The summed E-state index contributed by atoms with van der Waals surface area (Å²) < 4.78 is 27.5. The van der Waals surface area contributed by atoms with E-state index in [9.17, 15) is 13.2 Å². The smallest absolute Gasteiger partial charge is 0.255 e. The number of rotatable bonds is 5. The second kappa shape index (κ2) is 7.94. The van der Waals surface area contributed by atoms with Gasteiger partial charge in [-0.3, -0.25) is 4.79 Å². The fraction of sp³-hybridized carbons (Fsp3) is 0.211. The standard InChI is InChI=1S/C19H20ClN5O3S/c1-12-9-13(2)25(23-12)18-8-6-15(11-21-18)22-19(26)14-5-7-16(20)17(10-14)29(27,28)24(3)4/h5-11H,1-4H3,(H,22,26). The molecule has 29 heavy (non-hydrogen) atoms. The lowest BCUT2D eigenvalue weighted by Crippen LogP contribution is -2.23. The predicted octanol–water partition coefficient (Wildman–Crippen LogP) is 3.04. The van der Waals surface area contributed by atoms with E-state index in [4.69, 9.17) is 11.6 Å². The Morgan fingerprint density at radius 3 is 2.41 bits per heavy atom. The molecule has 3 aromatic rings. The molecule has 0 aliphatic heterocycles. The van der Waals surface area contributed by atoms with Crippen LogP contribution < -0.4 is 5.32 Å². The van der Waals surface area contributed by atoms with Gasteiger partial charge < -0.3 is 5.32 Å². The van der Waals surface area contributed by atoms with Crippen molar-refractivity contribution in [2.45, 2.75) is 18.7 Å². The third-order valence-electron chi connectivity index (χ3n) is 4.18. The number of pyridine rings is 1. The molecule has 0 fully saturated rings. The second-order valence-electron chi connectivity index (χ2n) is 6.63. The first-order valence-corrected chi connectivity index (χ1v) is 10.4. The number of aromatic nitrogens is 3. The third kappa shape index (κ3) is 4.31. The molecule has 8 nitrogen and oxygen atoms in total. The van der Waals surface area contributed by atoms with E-state index < -0.39 is 15.9 Å². The van der Waals surface area contributed by atoms with Gasteiger partial charge >= 0.3 is 0 Å². The minimum atomic E-state index is -3.78. The van der Waals surface area contributed by atoms with Crippen LogP contribution in [0.1, 0.15) is 21.7 Å². The molecule has 0 atom stereocenters. The fourth-order valence-electron chi connectivity index (χ4n) is 2.69. The van der Waals surface area contributed by atoms with Crippen molar-refractivity contribution in [2.24, 2.45) is 0 Å². The Morgan fingerprint density at radius 2 is 1.86 bits per heavy atom. The lowest BCUT2D eigenvalue weighted by Gasteiger charge is -2.14. The first kappa shape index (κ1) is 21.0. The van der Waals surface area contributed by atoms with Gasteiger partial charge in [0, 0.05) is 25.4 Å². The SMILES string of the molecule is Cc1cc(C)n(-c2ccc(NC(=O)c3ccc(Cl)c(S(=O)(=O)N(C)C)c3)cn2)n1. The van der Waals surface area contributed by atoms with Gasteiger partial charge in [0.15, 0.2) is 5.82 Å². The third-order valence-corrected chi connectivity index (χ3v) is 6.48. The average Bonchev–Trinajstić information content (AvgIpc) is 3.00. The lowest BCUT2D eigenvalue weighted by molar-refractivity contribution is 0.102. The van der Waals surface area contributed by atoms with Gasteiger partial charge in [0.05, 0.1) is 22.6 Å². The Morgan fingerprint density at radius 1 is 1.14 bits per heavy atom. The number of hydrogen-bond donors (Lipinski definition) is 1. The summed E-state index contributed by atoms with van der Waals surface area (Å²) in [6.07, 6.45) is 1.51. The van der Waals surface area contributed by atoms with Crippen LogP contribution in [0.3, 0.4) is 0 Å². The van der Waals surface area contributed by atoms with Gasteiger partial charge in [-0.15, -0.1) is 0 Å². The molecule has 0 saturated heterocycles. The topological polar surface area (TPSA) is 97.2 Å². The Bertz CT molecular complexity index is 1170. The molecule has 0 bridgehead atoms. The summed E-state index contributed by atoms with van der Waals surface area (Å²) in [7, 11) is -0.981. The average molecular weight is 434 g/mol. The lowest BCUT2D eigenvalue weighted by atomic mass is 10.2. The number of benzene rings is 1. The first-order chi connectivity index (χ1) is 13.6. The Kier molecular flexibility index (Phi) is 5.74. The van der Waals surface area contributed by atoms with Gasteiger partial charge in [-0.2, -0.15) is 5.10 Å². The molecule has 1 N–H and O–H groups in total. The zero-order chi connectivity index (χ0) is 21.3. The first-order valence-electron chi connectivity index (χ1n) is 8.62. The summed E-state index contributed by atoms with van der Waals surface area (Å²) in [5, 5.41) is 7.12. The summed E-state index contributed by atoms with van der Waals surface area (Å²) in [4.78, 5) is 16.8. The minimum Gasteiger partial charge on any atom is -0.321 e. The molecule has 152 valence electrons. The number of carbonyl (C=O) groups is 1. The van der Waals surface area contributed by atoms with Gasteiger partial charge in [0.25, 0.3) is 5.91 Å². The predicted molar refractivity (Wildman–Crippen MR) is 111 cm³/mol. The molecule has 0 aliphatic rings. The van der Waals surface area contributed by atoms with Crippen molar-refractivity contribution < 1.29 is 13.2 Å². The highest BCUT2D eigenvalue weighted by atomic mass is 35.5. The summed E-state index contributed by atoms with van der Waals surface area (Å²) >= 11 is 6.02. The Hall–Kier alpha value is -2.75. The normalized spacial score (nSPS) is 11.7. The van der Waals surface area contributed by atoms with Gasteiger partial charge in [-0.1, -0.05) is 11.6 Å². The van der Waals surface area contributed by atoms with Crippen LogP contribution in [0, 0.1) is 13.8 Å². The number of nitrogens with zero attached hydrogens (tertiary/aromatic N) is 4. The van der Waals surface area contributed by atoms with Gasteiger partial charge in [0.2, 0.25) is 10.0 Å². The minimum absolute atomic E-state index is 0.0474. The van der Waals surface area contributed by atoms with Crippen molar-refractivity contribution >= 4 is 33.2 Å². The van der Waals surface area contributed by atoms with Crippen LogP contribution in [-0.2, 0) is 10.0 Å². The van der Waals surface area contributed by atoms with E-state index >= 15 is 0 Å². The summed E-state index contributed by atoms with van der Waals surface area (Å²) in [6, 6.07) is 9.48. The highest BCUT2D eigenvalue weighted by Crippen LogP contribution is 2.25. The highest BCUT2D eigenvalue weighted by molar-refractivity contribution is 7.89. The van der Waals surface area contributed by atoms with Crippen molar-refractivity contribution in [3.63, 3.8) is 0 Å². The molecule has 3 rings (SSSR count). The second-order valence-corrected chi connectivity index (χ2v) is 9.16. The molecule has 0 radical (unpaired) electrons. The number of aryl methyl sites for hydroxylation is 2. The summed E-state index contributed by atoms with van der Waals surface area (Å²) in [5.41, 5.74) is 2.46. The fourth-order valence-corrected chi connectivity index (χ4v) is 4.08. The number of sulfonamides is 1. The maximum Gasteiger partial charge on any atom is 0.255 e. The quantitative estimate of drug-likeness (QED) is 0.667. The summed E-state index contributed by atoms with van der Waals surface area (Å²) in [5.74, 6) is 0.150. The molecule has 1 aromatic carbocycles. The molecule has 0 unspecified atom stereocenters. The van der Waals surface area contributed by atoms with Crippen LogP contribution in [0.25, 0.3) is 5.82 Å². The number of nitrogens with one attached hydrogen (secondary N) is 1. The van der Waals surface area contributed by atoms with Crippen LogP contribution in [-0.4, -0.2) is 47.5 Å². The molecular formula is C19H20ClN5O3S. The molecule has 0 aliphatic carbocycles. The van der Waals surface area contributed by atoms with Crippen LogP contribution >= 0.6 is 11.6 Å². The number of halogens is 1. The molecule has 2 heterocycles. The van der Waals surface area contributed by atoms with Crippen LogP contribution in [0.2, 0.25) is 5.02 Å². The maximum absolute atomic E-state index is 12.6. The number of hydrogen-bond acceptors (Lipinski definition) is 5. The molecule has 0 saturated carbocycles. The Balaban J connectivity index is 1.83. The van der Waals surface area contributed by atoms with Gasteiger partial charge in [-0.05, 0) is 50.2 Å². The van der Waals surface area contributed by atoms with Crippen molar-refractivity contribution in [1.82, 2.24) is 19.1 Å². The summed E-state index contributed by atoms with van der Waals surface area (Å²) in [6.45, 7) is 3.83. The van der Waals surface area contributed by atoms with Crippen LogP contribution in [0.4, 0.5) is 5.69 Å². The molecule has 2 aromatic heterocycles. The van der Waals surface area contributed by atoms with E-state index in [2.05, 4.69) is 15.4 Å². The molecule has 0 spiro atoms. The van der Waals surface area contributed by atoms with E-state index in [0.29, 0.717) is 11.5 Å². The van der Waals surface area contributed by atoms with E-state index in [1.54, 1.807) is 16.8 Å². The Labute approximate surface area is 174 Å². The maximum atomic E-state index is 12.6. The zero-order valence-electron chi connectivity index (χ0n) is 16.3. The highest BCUT2D eigenvalue weighted by Gasteiger charge is 2.22. The van der Waals surface area contributed by atoms with Crippen LogP contribution in [0.15, 0.2) is 47.5 Å². The molecular weight excluding hydrogens is 414 g/mol. The van der Waals surface area contributed by atoms with E-state index in [-0.39, 0.29) is 15.5 Å². The van der Waals surface area contributed by atoms with Crippen LogP contribution in [0.5, 0.6) is 0 Å². The van der Waals surface area contributed by atoms with E-state index in [1.165, 1.54) is 38.5 Å². The number of carbonyl (C=O) groups excluding carboxylic acids is 1. The van der Waals surface area contributed by atoms with Gasteiger partial charge in [-0.25, -0.2) is 22.4 Å². The molecule has 1 amide bonds. The largest absolute Gasteiger partial charge is 0.321 e. The zero-order valence-corrected chi connectivity index (χ0v) is 17.9. The van der Waals surface area contributed by atoms with Crippen molar-refractivity contribution in [2.75, 3.05) is 19.4 Å². The van der Waals surface area contributed by atoms with E-state index in [0.717, 1.165) is 15.7 Å². The van der Waals surface area contributed by atoms with E-state index in [1.807, 2.05) is 19.9 Å². The number of anilines is 1. The molecule has 10 heteroatoms. The van der Waals surface area contributed by atoms with Gasteiger partial charge in [0.1, 0.15) is 4.90 Å². The van der Waals surface area contributed by atoms with Crippen molar-refractivity contribution in [3.8, 4) is 5.82 Å².